The van der Waals surface area contributed by atoms with Gasteiger partial charge in [0.25, 0.3) is 0 Å². The van der Waals surface area contributed by atoms with Crippen molar-refractivity contribution in [3.05, 3.63) is 35.9 Å². The molecular formula is C19H32N4O2S. The third kappa shape index (κ3) is 5.71. The summed E-state index contributed by atoms with van der Waals surface area (Å²) >= 11 is 0. The van der Waals surface area contributed by atoms with Crippen LogP contribution in [0.4, 0.5) is 0 Å². The molecule has 0 radical (unpaired) electrons. The van der Waals surface area contributed by atoms with E-state index in [-0.39, 0.29) is 5.75 Å². The summed E-state index contributed by atoms with van der Waals surface area (Å²) in [5.41, 5.74) is 1.39. The number of rotatable bonds is 8. The Kier molecular flexibility index (Phi) is 7.90. The molecular weight excluding hydrogens is 348 g/mol. The van der Waals surface area contributed by atoms with E-state index >= 15 is 0 Å². The van der Waals surface area contributed by atoms with Crippen molar-refractivity contribution in [1.29, 1.82) is 0 Å². The quantitative estimate of drug-likeness (QED) is 0.426. The Hall–Kier alpha value is -1.60. The fourth-order valence-corrected chi connectivity index (χ4v) is 4.06. The first-order valence-electron chi connectivity index (χ1n) is 9.50. The van der Waals surface area contributed by atoms with Gasteiger partial charge in [-0.25, -0.2) is 12.7 Å². The van der Waals surface area contributed by atoms with Crippen molar-refractivity contribution in [3.63, 3.8) is 0 Å². The Bertz CT molecular complexity index is 676. The summed E-state index contributed by atoms with van der Waals surface area (Å²) in [6, 6.07) is 10.6. The van der Waals surface area contributed by atoms with E-state index in [9.17, 15) is 8.42 Å². The summed E-state index contributed by atoms with van der Waals surface area (Å²) in [6.45, 7) is 7.67. The summed E-state index contributed by atoms with van der Waals surface area (Å²) in [4.78, 5) is 7.03. The zero-order valence-electron chi connectivity index (χ0n) is 16.2. The summed E-state index contributed by atoms with van der Waals surface area (Å²) in [6.07, 6.45) is 1.85. The van der Waals surface area contributed by atoms with Crippen molar-refractivity contribution in [2.75, 3.05) is 45.5 Å². The van der Waals surface area contributed by atoms with Crippen LogP contribution < -0.4 is 5.32 Å². The lowest BCUT2D eigenvalue weighted by Gasteiger charge is -2.22. The molecule has 0 aromatic heterocycles. The first-order chi connectivity index (χ1) is 12.5. The zero-order chi connectivity index (χ0) is 19.0. The van der Waals surface area contributed by atoms with Crippen molar-refractivity contribution in [2.45, 2.75) is 32.6 Å². The number of likely N-dealkylation sites (tertiary alicyclic amines) is 1. The van der Waals surface area contributed by atoms with Crippen molar-refractivity contribution < 1.29 is 8.42 Å². The van der Waals surface area contributed by atoms with Crippen molar-refractivity contribution in [2.24, 2.45) is 4.99 Å². The molecule has 26 heavy (non-hydrogen) atoms. The number of aliphatic imine (C=N–C) groups is 1. The first kappa shape index (κ1) is 20.7. The number of benzene rings is 1. The van der Waals surface area contributed by atoms with Gasteiger partial charge in [0.15, 0.2) is 5.96 Å². The van der Waals surface area contributed by atoms with E-state index in [0.717, 1.165) is 38.4 Å². The third-order valence-electron chi connectivity index (χ3n) is 4.83. The topological polar surface area (TPSA) is 65.0 Å². The smallest absolute Gasteiger partial charge is 0.213 e. The van der Waals surface area contributed by atoms with E-state index in [1.807, 2.05) is 0 Å². The Morgan fingerprint density at radius 3 is 2.69 bits per heavy atom. The fraction of sp³-hybridized carbons (Fsp3) is 0.632. The van der Waals surface area contributed by atoms with Gasteiger partial charge in [0, 0.05) is 45.7 Å². The standard InChI is InChI=1S/C19H32N4O2S/c1-4-20-19(21-13-9-14-22(3)26(24,25)5-2)23-15-12-18(16-23)17-10-7-6-8-11-17/h6-8,10-11,18H,4-5,9,12-16H2,1-3H3,(H,20,21). The predicted octanol–water partition coefficient (Wildman–Crippen LogP) is 2.11. The van der Waals surface area contributed by atoms with Gasteiger partial charge in [-0.2, -0.15) is 0 Å². The molecule has 1 aromatic rings. The number of sulfonamides is 1. The average Bonchev–Trinajstić information content (AvgIpc) is 3.14. The van der Waals surface area contributed by atoms with Crippen LogP contribution in [-0.4, -0.2) is 69.1 Å². The van der Waals surface area contributed by atoms with Crippen LogP contribution in [0.5, 0.6) is 0 Å². The third-order valence-corrected chi connectivity index (χ3v) is 6.69. The van der Waals surface area contributed by atoms with Gasteiger partial charge in [-0.1, -0.05) is 30.3 Å². The molecule has 0 saturated carbocycles. The number of hydrogen-bond acceptors (Lipinski definition) is 3. The van der Waals surface area contributed by atoms with Gasteiger partial charge in [-0.05, 0) is 32.3 Å². The highest BCUT2D eigenvalue weighted by Gasteiger charge is 2.25. The fourth-order valence-electron chi connectivity index (χ4n) is 3.21. The van der Waals surface area contributed by atoms with Gasteiger partial charge >= 0.3 is 0 Å². The normalized spacial score (nSPS) is 18.5. The molecule has 1 unspecified atom stereocenters. The minimum absolute atomic E-state index is 0.143. The molecule has 1 atom stereocenters. The molecule has 0 aliphatic carbocycles. The molecule has 1 fully saturated rings. The van der Waals surface area contributed by atoms with Gasteiger partial charge in [-0.3, -0.25) is 4.99 Å². The molecule has 146 valence electrons. The van der Waals surface area contributed by atoms with Crippen LogP contribution in [0.3, 0.4) is 0 Å². The zero-order valence-corrected chi connectivity index (χ0v) is 17.0. The highest BCUT2D eigenvalue weighted by molar-refractivity contribution is 7.89. The van der Waals surface area contributed by atoms with E-state index in [0.29, 0.717) is 19.0 Å². The minimum Gasteiger partial charge on any atom is -0.357 e. The minimum atomic E-state index is -3.10. The number of nitrogens with one attached hydrogen (secondary N) is 1. The first-order valence-corrected chi connectivity index (χ1v) is 11.1. The number of guanidine groups is 1. The van der Waals surface area contributed by atoms with Crippen LogP contribution in [0.25, 0.3) is 0 Å². The maximum atomic E-state index is 11.8. The van der Waals surface area contributed by atoms with E-state index in [1.165, 1.54) is 9.87 Å². The molecule has 6 nitrogen and oxygen atoms in total. The van der Waals surface area contributed by atoms with Crippen molar-refractivity contribution in [3.8, 4) is 0 Å². The SMILES string of the molecule is CCNC(=NCCCN(C)S(=O)(=O)CC)N1CCC(c2ccccc2)C1. The molecule has 0 amide bonds. The van der Waals surface area contributed by atoms with Gasteiger partial charge in [0.2, 0.25) is 10.0 Å². The molecule has 7 heteroatoms. The second-order valence-electron chi connectivity index (χ2n) is 6.65. The average molecular weight is 381 g/mol. The second kappa shape index (κ2) is 9.92. The van der Waals surface area contributed by atoms with E-state index in [1.54, 1.807) is 14.0 Å². The second-order valence-corrected chi connectivity index (χ2v) is 9.02. The molecule has 1 aliphatic rings. The van der Waals surface area contributed by atoms with E-state index in [4.69, 9.17) is 4.99 Å². The van der Waals surface area contributed by atoms with Crippen LogP contribution >= 0.6 is 0 Å². The van der Waals surface area contributed by atoms with Crippen LogP contribution in [0, 0.1) is 0 Å². The predicted molar refractivity (Wildman–Crippen MR) is 108 cm³/mol. The molecule has 1 saturated heterocycles. The molecule has 1 heterocycles. The van der Waals surface area contributed by atoms with Crippen LogP contribution in [0.2, 0.25) is 0 Å². The molecule has 2 rings (SSSR count). The summed E-state index contributed by atoms with van der Waals surface area (Å²) in [5, 5.41) is 3.37. The maximum Gasteiger partial charge on any atom is 0.213 e. The van der Waals surface area contributed by atoms with E-state index in [2.05, 4.69) is 47.5 Å². The Balaban J connectivity index is 1.89. The monoisotopic (exact) mass is 380 g/mol. The van der Waals surface area contributed by atoms with E-state index < -0.39 is 10.0 Å². The number of hydrogen-bond donors (Lipinski definition) is 1. The maximum absolute atomic E-state index is 11.8. The molecule has 0 bridgehead atoms. The lowest BCUT2D eigenvalue weighted by atomic mass is 9.99. The van der Waals surface area contributed by atoms with Crippen LogP contribution in [0.15, 0.2) is 35.3 Å². The Labute approximate surface area is 158 Å². The highest BCUT2D eigenvalue weighted by atomic mass is 32.2. The summed E-state index contributed by atoms with van der Waals surface area (Å²) < 4.78 is 25.0. The van der Waals surface area contributed by atoms with Gasteiger partial charge in [0.1, 0.15) is 0 Å². The van der Waals surface area contributed by atoms with Crippen LogP contribution in [0.1, 0.15) is 38.2 Å². The lowest BCUT2D eigenvalue weighted by molar-refractivity contribution is 0.460. The van der Waals surface area contributed by atoms with Crippen molar-refractivity contribution >= 4 is 16.0 Å². The molecule has 0 spiro atoms. The summed E-state index contributed by atoms with van der Waals surface area (Å²) in [5.74, 6) is 1.62. The Morgan fingerprint density at radius 2 is 2.04 bits per heavy atom. The highest BCUT2D eigenvalue weighted by Crippen LogP contribution is 2.26. The molecule has 1 aromatic carbocycles. The van der Waals surface area contributed by atoms with Gasteiger partial charge in [-0.15, -0.1) is 0 Å². The van der Waals surface area contributed by atoms with Gasteiger partial charge < -0.3 is 10.2 Å². The Morgan fingerprint density at radius 1 is 1.31 bits per heavy atom. The summed E-state index contributed by atoms with van der Waals surface area (Å²) in [7, 11) is -1.47. The molecule has 1 N–H and O–H groups in total. The van der Waals surface area contributed by atoms with Crippen LogP contribution in [-0.2, 0) is 10.0 Å². The lowest BCUT2D eigenvalue weighted by Crippen LogP contribution is -2.40. The number of nitrogens with zero attached hydrogens (tertiary/aromatic N) is 3. The van der Waals surface area contributed by atoms with Crippen molar-refractivity contribution in [1.82, 2.24) is 14.5 Å². The molecule has 1 aliphatic heterocycles. The largest absolute Gasteiger partial charge is 0.357 e. The van der Waals surface area contributed by atoms with Gasteiger partial charge in [0.05, 0.1) is 5.75 Å².